The van der Waals surface area contributed by atoms with Crippen molar-refractivity contribution in [2.75, 3.05) is 13.2 Å². The highest BCUT2D eigenvalue weighted by Gasteiger charge is 2.57. The number of hydrogen-bond acceptors (Lipinski definition) is 6. The number of rotatable bonds is 5. The van der Waals surface area contributed by atoms with Gasteiger partial charge in [0.1, 0.15) is 5.92 Å². The van der Waals surface area contributed by atoms with E-state index in [-0.39, 0.29) is 19.6 Å². The van der Waals surface area contributed by atoms with E-state index in [0.717, 1.165) is 5.56 Å². The van der Waals surface area contributed by atoms with Gasteiger partial charge in [-0.2, -0.15) is 0 Å². The third-order valence-electron chi connectivity index (χ3n) is 4.81. The van der Waals surface area contributed by atoms with Crippen LogP contribution in [0.5, 0.6) is 0 Å². The molecular weight excluding hydrogens is 336 g/mol. The number of carbonyl (C=O) groups is 3. The lowest BCUT2D eigenvalue weighted by Crippen LogP contribution is -2.55. The maximum atomic E-state index is 12.7. The molecule has 0 amide bonds. The second kappa shape index (κ2) is 7.99. The lowest BCUT2D eigenvalue weighted by molar-refractivity contribution is -0.172. The van der Waals surface area contributed by atoms with Crippen LogP contribution in [0.4, 0.5) is 0 Å². The van der Waals surface area contributed by atoms with E-state index >= 15 is 0 Å². The van der Waals surface area contributed by atoms with Gasteiger partial charge in [0, 0.05) is 12.3 Å². The van der Waals surface area contributed by atoms with Gasteiger partial charge in [-0.05, 0) is 33.3 Å². The summed E-state index contributed by atoms with van der Waals surface area (Å²) in [6.07, 6.45) is -0.303. The largest absolute Gasteiger partial charge is 0.466 e. The van der Waals surface area contributed by atoms with Gasteiger partial charge in [0.05, 0.1) is 24.7 Å². The second-order valence-corrected chi connectivity index (χ2v) is 6.90. The van der Waals surface area contributed by atoms with E-state index in [1.165, 1.54) is 6.92 Å². The van der Waals surface area contributed by atoms with Crippen molar-refractivity contribution in [2.45, 2.75) is 45.6 Å². The lowest BCUT2D eigenvalue weighted by Gasteiger charge is -2.43. The highest BCUT2D eigenvalue weighted by molar-refractivity contribution is 6.02. The average Bonchev–Trinajstić information content (AvgIpc) is 2.54. The quantitative estimate of drug-likeness (QED) is 0.638. The molecule has 1 aliphatic rings. The number of esters is 2. The molecule has 0 saturated heterocycles. The van der Waals surface area contributed by atoms with Gasteiger partial charge in [-0.3, -0.25) is 14.4 Å². The molecule has 1 fully saturated rings. The summed E-state index contributed by atoms with van der Waals surface area (Å²) >= 11 is 0. The van der Waals surface area contributed by atoms with Gasteiger partial charge in [0.15, 0.2) is 5.78 Å². The Morgan fingerprint density at radius 1 is 1.12 bits per heavy atom. The van der Waals surface area contributed by atoms with E-state index in [4.69, 9.17) is 9.47 Å². The summed E-state index contributed by atoms with van der Waals surface area (Å²) in [5.41, 5.74) is 0.0186. The van der Waals surface area contributed by atoms with Crippen molar-refractivity contribution in [2.24, 2.45) is 11.8 Å². The van der Waals surface area contributed by atoms with Gasteiger partial charge in [-0.15, -0.1) is 0 Å². The molecule has 1 aliphatic carbocycles. The first-order valence-corrected chi connectivity index (χ1v) is 8.87. The Morgan fingerprint density at radius 2 is 1.65 bits per heavy atom. The first-order chi connectivity index (χ1) is 12.2. The van der Waals surface area contributed by atoms with Crippen LogP contribution in [0, 0.1) is 18.8 Å². The van der Waals surface area contributed by atoms with Crippen LogP contribution >= 0.6 is 0 Å². The highest BCUT2D eigenvalue weighted by Crippen LogP contribution is 2.46. The van der Waals surface area contributed by atoms with Crippen molar-refractivity contribution in [1.29, 1.82) is 0 Å². The number of benzene rings is 1. The van der Waals surface area contributed by atoms with E-state index in [9.17, 15) is 19.5 Å². The summed E-state index contributed by atoms with van der Waals surface area (Å²) in [6, 6.07) is 7.22. The molecule has 2 rings (SSSR count). The molecule has 0 aromatic heterocycles. The summed E-state index contributed by atoms with van der Waals surface area (Å²) in [5, 5.41) is 10.8. The minimum atomic E-state index is -1.61. The van der Waals surface area contributed by atoms with Crippen LogP contribution in [0.2, 0.25) is 0 Å². The van der Waals surface area contributed by atoms with Crippen LogP contribution in [-0.4, -0.2) is 41.6 Å². The molecule has 1 saturated carbocycles. The molecule has 1 aromatic carbocycles. The normalized spacial score (nSPS) is 28.5. The molecule has 26 heavy (non-hydrogen) atoms. The third kappa shape index (κ3) is 3.96. The zero-order valence-corrected chi connectivity index (χ0v) is 15.7. The molecule has 1 N–H and O–H groups in total. The Bertz CT molecular complexity index is 676. The lowest BCUT2D eigenvalue weighted by atomic mass is 9.61. The molecule has 6 nitrogen and oxygen atoms in total. The van der Waals surface area contributed by atoms with Crippen LogP contribution in [0.25, 0.3) is 0 Å². The summed E-state index contributed by atoms with van der Waals surface area (Å²) in [5.74, 6) is -4.76. The number of aryl methyl sites for hydroxylation is 1. The number of ketones is 1. The highest BCUT2D eigenvalue weighted by atomic mass is 16.5. The smallest absolute Gasteiger partial charge is 0.317 e. The Labute approximate surface area is 153 Å². The van der Waals surface area contributed by atoms with Gasteiger partial charge in [-0.1, -0.05) is 29.8 Å². The van der Waals surface area contributed by atoms with E-state index in [0.29, 0.717) is 5.56 Å². The Morgan fingerprint density at radius 3 is 2.19 bits per heavy atom. The van der Waals surface area contributed by atoms with Crippen LogP contribution in [-0.2, 0) is 23.9 Å². The third-order valence-corrected chi connectivity index (χ3v) is 4.81. The summed E-state index contributed by atoms with van der Waals surface area (Å²) in [7, 11) is 0. The summed E-state index contributed by atoms with van der Waals surface area (Å²) < 4.78 is 10.2. The monoisotopic (exact) mass is 362 g/mol. The number of hydrogen-bond donors (Lipinski definition) is 1. The zero-order valence-electron chi connectivity index (χ0n) is 15.7. The maximum Gasteiger partial charge on any atom is 0.317 e. The molecule has 0 aliphatic heterocycles. The molecule has 6 heteroatoms. The van der Waals surface area contributed by atoms with E-state index < -0.39 is 41.1 Å². The molecule has 0 spiro atoms. The van der Waals surface area contributed by atoms with Crippen molar-refractivity contribution in [3.63, 3.8) is 0 Å². The number of Topliss-reactive ketones (excluding diaryl/α,β-unsaturated/α-hetero) is 1. The Hall–Kier alpha value is -2.21. The first kappa shape index (κ1) is 20.1. The topological polar surface area (TPSA) is 89.9 Å². The Balaban J connectivity index is 2.59. The van der Waals surface area contributed by atoms with Gasteiger partial charge in [0.25, 0.3) is 0 Å². The summed E-state index contributed by atoms with van der Waals surface area (Å²) in [4.78, 5) is 37.9. The molecule has 1 aromatic rings. The van der Waals surface area contributed by atoms with E-state index in [1.807, 2.05) is 19.1 Å². The molecule has 0 unspecified atom stereocenters. The van der Waals surface area contributed by atoms with Crippen LogP contribution < -0.4 is 0 Å². The number of aliphatic hydroxyl groups is 1. The van der Waals surface area contributed by atoms with Gasteiger partial charge in [0.2, 0.25) is 0 Å². The van der Waals surface area contributed by atoms with Gasteiger partial charge >= 0.3 is 11.9 Å². The second-order valence-electron chi connectivity index (χ2n) is 6.90. The molecular formula is C20H26O6. The summed E-state index contributed by atoms with van der Waals surface area (Å²) in [6.45, 7) is 6.95. The van der Waals surface area contributed by atoms with Gasteiger partial charge in [-0.25, -0.2) is 0 Å². The van der Waals surface area contributed by atoms with Crippen LogP contribution in [0.1, 0.15) is 44.2 Å². The van der Waals surface area contributed by atoms with E-state index in [2.05, 4.69) is 0 Å². The minimum Gasteiger partial charge on any atom is -0.466 e. The fourth-order valence-corrected chi connectivity index (χ4v) is 3.67. The average molecular weight is 362 g/mol. The molecule has 142 valence electrons. The minimum absolute atomic E-state index is 0.129. The molecule has 0 heterocycles. The standard InChI is InChI=1S/C20H26O6/c1-5-25-18(22)16-14(21)11-20(4,24)17(19(23)26-6-2)15(16)13-9-7-12(3)8-10-13/h7-10,15-17,24H,5-6,11H2,1-4H3/t15-,16+,17+,20+/m1/s1. The predicted molar refractivity (Wildman–Crippen MR) is 94.4 cm³/mol. The molecule has 0 radical (unpaired) electrons. The fraction of sp³-hybridized carbons (Fsp3) is 0.550. The van der Waals surface area contributed by atoms with Crippen molar-refractivity contribution < 1.29 is 29.0 Å². The van der Waals surface area contributed by atoms with Crippen molar-refractivity contribution in [3.05, 3.63) is 35.4 Å². The molecule has 0 bridgehead atoms. The number of ether oxygens (including phenoxy) is 2. The van der Waals surface area contributed by atoms with Crippen LogP contribution in [0.3, 0.4) is 0 Å². The zero-order chi connectivity index (χ0) is 19.5. The Kier molecular flexibility index (Phi) is 6.18. The van der Waals surface area contributed by atoms with Gasteiger partial charge < -0.3 is 14.6 Å². The predicted octanol–water partition coefficient (Wildman–Crippen LogP) is 2.16. The van der Waals surface area contributed by atoms with Crippen LogP contribution in [0.15, 0.2) is 24.3 Å². The number of carbonyl (C=O) groups excluding carboxylic acids is 3. The van der Waals surface area contributed by atoms with E-state index in [1.54, 1.807) is 26.0 Å². The van der Waals surface area contributed by atoms with Crippen molar-refractivity contribution in [3.8, 4) is 0 Å². The SMILES string of the molecule is CCOC(=O)[C@H]1C(=O)C[C@](C)(O)[C@H](C(=O)OCC)[C@@H]1c1ccc(C)cc1. The molecule has 4 atom stereocenters. The maximum absolute atomic E-state index is 12.7. The fourth-order valence-electron chi connectivity index (χ4n) is 3.67. The van der Waals surface area contributed by atoms with Crippen molar-refractivity contribution >= 4 is 17.7 Å². The van der Waals surface area contributed by atoms with Crippen molar-refractivity contribution in [1.82, 2.24) is 0 Å². The first-order valence-electron chi connectivity index (χ1n) is 8.87.